The van der Waals surface area contributed by atoms with Crippen LogP contribution in [0.4, 0.5) is 5.69 Å². The van der Waals surface area contributed by atoms with E-state index in [4.69, 9.17) is 4.74 Å². The number of benzene rings is 2. The lowest BCUT2D eigenvalue weighted by Crippen LogP contribution is -2.37. The molecule has 0 saturated carbocycles. The third-order valence-corrected chi connectivity index (χ3v) is 5.44. The smallest absolute Gasteiger partial charge is 0.272 e. The van der Waals surface area contributed by atoms with Gasteiger partial charge in [-0.2, -0.15) is 5.10 Å². The van der Waals surface area contributed by atoms with Crippen LogP contribution in [0.15, 0.2) is 60.7 Å². The highest BCUT2D eigenvalue weighted by Gasteiger charge is 2.25. The normalized spacial score (nSPS) is 15.9. The second kappa shape index (κ2) is 9.13. The van der Waals surface area contributed by atoms with E-state index in [2.05, 4.69) is 39.4 Å². The molecule has 1 fully saturated rings. The molecule has 1 aliphatic heterocycles. The standard InChI is InChI=1S/C24H28N4O2/c1-27(2)20-12-10-18(11-13-20)16-28(17-21-9-6-14-30-21)24(29)23-15-22(25-26-23)19-7-4-3-5-8-19/h3-5,7-8,10-13,15,21H,6,9,14,16-17H2,1-2H3,(H,25,26). The summed E-state index contributed by atoms with van der Waals surface area (Å²) in [6.45, 7) is 1.88. The number of anilines is 1. The van der Waals surface area contributed by atoms with Gasteiger partial charge in [0.15, 0.2) is 0 Å². The Kier molecular flexibility index (Phi) is 6.14. The third kappa shape index (κ3) is 4.71. The predicted octanol–water partition coefficient (Wildman–Crippen LogP) is 3.96. The Labute approximate surface area is 177 Å². The number of ether oxygens (including phenoxy) is 1. The van der Waals surface area contributed by atoms with Gasteiger partial charge >= 0.3 is 0 Å². The summed E-state index contributed by atoms with van der Waals surface area (Å²) in [5, 5.41) is 7.28. The molecular weight excluding hydrogens is 376 g/mol. The van der Waals surface area contributed by atoms with Crippen molar-refractivity contribution in [1.29, 1.82) is 0 Å². The molecule has 2 aromatic carbocycles. The number of nitrogens with one attached hydrogen (secondary N) is 1. The highest BCUT2D eigenvalue weighted by molar-refractivity contribution is 5.93. The van der Waals surface area contributed by atoms with Crippen molar-refractivity contribution in [3.63, 3.8) is 0 Å². The molecule has 1 aliphatic rings. The van der Waals surface area contributed by atoms with E-state index in [1.807, 2.05) is 55.4 Å². The summed E-state index contributed by atoms with van der Waals surface area (Å²) in [6, 6.07) is 20.0. The fourth-order valence-corrected chi connectivity index (χ4v) is 3.73. The number of nitrogens with zero attached hydrogens (tertiary/aromatic N) is 3. The summed E-state index contributed by atoms with van der Waals surface area (Å²) in [5.74, 6) is -0.0585. The molecular formula is C24H28N4O2. The molecule has 3 aromatic rings. The van der Waals surface area contributed by atoms with Gasteiger partial charge in [-0.1, -0.05) is 42.5 Å². The minimum absolute atomic E-state index is 0.0585. The van der Waals surface area contributed by atoms with E-state index in [0.29, 0.717) is 18.8 Å². The van der Waals surface area contributed by atoms with Crippen molar-refractivity contribution >= 4 is 11.6 Å². The number of carbonyl (C=O) groups is 1. The van der Waals surface area contributed by atoms with Crippen LogP contribution < -0.4 is 4.90 Å². The molecule has 1 N–H and O–H groups in total. The van der Waals surface area contributed by atoms with E-state index in [9.17, 15) is 4.79 Å². The largest absolute Gasteiger partial charge is 0.378 e. The van der Waals surface area contributed by atoms with E-state index in [1.165, 1.54) is 0 Å². The lowest BCUT2D eigenvalue weighted by Gasteiger charge is -2.25. The molecule has 156 valence electrons. The second-order valence-corrected chi connectivity index (χ2v) is 7.91. The minimum Gasteiger partial charge on any atom is -0.378 e. The number of aromatic amines is 1. The maximum atomic E-state index is 13.3. The van der Waals surface area contributed by atoms with Crippen molar-refractivity contribution in [3.8, 4) is 11.3 Å². The monoisotopic (exact) mass is 404 g/mol. The Bertz CT molecular complexity index is 960. The summed E-state index contributed by atoms with van der Waals surface area (Å²) < 4.78 is 5.81. The van der Waals surface area contributed by atoms with Crippen molar-refractivity contribution in [2.45, 2.75) is 25.5 Å². The summed E-state index contributed by atoms with van der Waals surface area (Å²) in [5.41, 5.74) is 4.48. The number of H-pyrrole nitrogens is 1. The van der Waals surface area contributed by atoms with Gasteiger partial charge in [-0.3, -0.25) is 9.89 Å². The van der Waals surface area contributed by atoms with E-state index in [1.54, 1.807) is 0 Å². The zero-order chi connectivity index (χ0) is 20.9. The molecule has 1 saturated heterocycles. The molecule has 2 heterocycles. The van der Waals surface area contributed by atoms with Gasteiger partial charge in [0.2, 0.25) is 0 Å². The summed E-state index contributed by atoms with van der Waals surface area (Å²) in [7, 11) is 4.04. The van der Waals surface area contributed by atoms with Crippen LogP contribution in [-0.2, 0) is 11.3 Å². The van der Waals surface area contributed by atoms with Gasteiger partial charge in [-0.25, -0.2) is 0 Å². The van der Waals surface area contributed by atoms with Crippen LogP contribution in [0.1, 0.15) is 28.9 Å². The first kappa shape index (κ1) is 20.2. The quantitative estimate of drug-likeness (QED) is 0.647. The van der Waals surface area contributed by atoms with Crippen LogP contribution in [0.3, 0.4) is 0 Å². The molecule has 6 nitrogen and oxygen atoms in total. The van der Waals surface area contributed by atoms with Crippen LogP contribution in [0, 0.1) is 0 Å². The van der Waals surface area contributed by atoms with Crippen molar-refractivity contribution < 1.29 is 9.53 Å². The summed E-state index contributed by atoms with van der Waals surface area (Å²) in [4.78, 5) is 17.3. The molecule has 1 aromatic heterocycles. The van der Waals surface area contributed by atoms with Crippen LogP contribution in [-0.4, -0.2) is 54.4 Å². The van der Waals surface area contributed by atoms with Gasteiger partial charge < -0.3 is 14.5 Å². The van der Waals surface area contributed by atoms with Crippen LogP contribution in [0.2, 0.25) is 0 Å². The van der Waals surface area contributed by atoms with Gasteiger partial charge in [0.1, 0.15) is 5.69 Å². The Morgan fingerprint density at radius 2 is 1.90 bits per heavy atom. The molecule has 0 spiro atoms. The van der Waals surface area contributed by atoms with Crippen LogP contribution in [0.25, 0.3) is 11.3 Å². The van der Waals surface area contributed by atoms with Crippen molar-refractivity contribution in [3.05, 3.63) is 71.9 Å². The first-order chi connectivity index (χ1) is 14.6. The average molecular weight is 405 g/mol. The number of amides is 1. The number of aromatic nitrogens is 2. The van der Waals surface area contributed by atoms with Gasteiger partial charge in [-0.05, 0) is 36.6 Å². The molecule has 0 radical (unpaired) electrons. The lowest BCUT2D eigenvalue weighted by atomic mass is 10.1. The van der Waals surface area contributed by atoms with E-state index in [0.717, 1.165) is 42.0 Å². The molecule has 1 unspecified atom stereocenters. The molecule has 30 heavy (non-hydrogen) atoms. The first-order valence-electron chi connectivity index (χ1n) is 10.4. The fraction of sp³-hybridized carbons (Fsp3) is 0.333. The molecule has 0 bridgehead atoms. The maximum Gasteiger partial charge on any atom is 0.272 e. The zero-order valence-corrected chi connectivity index (χ0v) is 17.5. The summed E-state index contributed by atoms with van der Waals surface area (Å²) >= 11 is 0. The number of hydrogen-bond acceptors (Lipinski definition) is 4. The second-order valence-electron chi connectivity index (χ2n) is 7.91. The molecule has 1 atom stereocenters. The Morgan fingerprint density at radius 3 is 2.57 bits per heavy atom. The van der Waals surface area contributed by atoms with Gasteiger partial charge in [0, 0.05) is 45.0 Å². The fourth-order valence-electron chi connectivity index (χ4n) is 3.73. The Balaban J connectivity index is 1.54. The van der Waals surface area contributed by atoms with Crippen molar-refractivity contribution in [2.75, 3.05) is 32.1 Å². The third-order valence-electron chi connectivity index (χ3n) is 5.44. The van der Waals surface area contributed by atoms with E-state index < -0.39 is 0 Å². The van der Waals surface area contributed by atoms with Gasteiger partial charge in [-0.15, -0.1) is 0 Å². The average Bonchev–Trinajstić information content (AvgIpc) is 3.46. The first-order valence-corrected chi connectivity index (χ1v) is 10.4. The van der Waals surface area contributed by atoms with Gasteiger partial charge in [0.25, 0.3) is 5.91 Å². The minimum atomic E-state index is -0.0585. The topological polar surface area (TPSA) is 61.5 Å². The number of carbonyl (C=O) groups excluding carboxylic acids is 1. The zero-order valence-electron chi connectivity index (χ0n) is 17.5. The molecule has 6 heteroatoms. The van der Waals surface area contributed by atoms with E-state index >= 15 is 0 Å². The van der Waals surface area contributed by atoms with Gasteiger partial charge in [0.05, 0.1) is 11.8 Å². The van der Waals surface area contributed by atoms with Crippen LogP contribution >= 0.6 is 0 Å². The van der Waals surface area contributed by atoms with Crippen molar-refractivity contribution in [1.82, 2.24) is 15.1 Å². The molecule has 0 aliphatic carbocycles. The predicted molar refractivity (Wildman–Crippen MR) is 119 cm³/mol. The Hall–Kier alpha value is -3.12. The highest BCUT2D eigenvalue weighted by Crippen LogP contribution is 2.21. The summed E-state index contributed by atoms with van der Waals surface area (Å²) in [6.07, 6.45) is 2.13. The highest BCUT2D eigenvalue weighted by atomic mass is 16.5. The van der Waals surface area contributed by atoms with Crippen molar-refractivity contribution in [2.24, 2.45) is 0 Å². The lowest BCUT2D eigenvalue weighted by molar-refractivity contribution is 0.0503. The Morgan fingerprint density at radius 1 is 1.13 bits per heavy atom. The maximum absolute atomic E-state index is 13.3. The molecule has 1 amide bonds. The van der Waals surface area contributed by atoms with E-state index in [-0.39, 0.29) is 12.0 Å². The number of hydrogen-bond donors (Lipinski definition) is 1. The molecule has 4 rings (SSSR count). The number of rotatable bonds is 7. The van der Waals surface area contributed by atoms with Crippen LogP contribution in [0.5, 0.6) is 0 Å². The SMILES string of the molecule is CN(C)c1ccc(CN(CC2CCCO2)C(=O)c2cc(-c3ccccc3)n[nH]2)cc1.